The zero-order valence-corrected chi connectivity index (χ0v) is 23.1. The van der Waals surface area contributed by atoms with Crippen molar-refractivity contribution in [2.75, 3.05) is 30.3 Å². The zero-order chi connectivity index (χ0) is 26.0. The van der Waals surface area contributed by atoms with Crippen molar-refractivity contribution in [3.05, 3.63) is 58.6 Å². The minimum Gasteiger partial charge on any atom is -0.494 e. The third-order valence-electron chi connectivity index (χ3n) is 5.38. The third kappa shape index (κ3) is 8.85. The lowest BCUT2D eigenvalue weighted by molar-refractivity contribution is -0.139. The Kier molecular flexibility index (Phi) is 11.0. The van der Waals surface area contributed by atoms with E-state index in [9.17, 15) is 18.0 Å². The molecule has 10 heteroatoms. The first-order valence-electron chi connectivity index (χ1n) is 11.6. The van der Waals surface area contributed by atoms with E-state index in [1.54, 1.807) is 31.2 Å². The number of hydrogen-bond donors (Lipinski definition) is 1. The van der Waals surface area contributed by atoms with Crippen LogP contribution in [0.4, 0.5) is 5.69 Å². The van der Waals surface area contributed by atoms with Crippen LogP contribution in [0.2, 0.25) is 0 Å². The predicted molar refractivity (Wildman–Crippen MR) is 142 cm³/mol. The van der Waals surface area contributed by atoms with Crippen LogP contribution >= 0.6 is 15.9 Å². The van der Waals surface area contributed by atoms with Crippen LogP contribution in [-0.4, -0.2) is 57.1 Å². The molecule has 0 aliphatic rings. The Morgan fingerprint density at radius 1 is 1.06 bits per heavy atom. The maximum atomic E-state index is 13.5. The topological polar surface area (TPSA) is 96.0 Å². The van der Waals surface area contributed by atoms with Crippen molar-refractivity contribution in [2.45, 2.75) is 46.2 Å². The van der Waals surface area contributed by atoms with Crippen molar-refractivity contribution in [3.63, 3.8) is 0 Å². The maximum Gasteiger partial charge on any atom is 0.244 e. The van der Waals surface area contributed by atoms with Gasteiger partial charge in [0.05, 0.1) is 18.6 Å². The SMILES string of the molecule is CCCCNC(=O)[C@H](C)N(Cc1ccc(Br)cc1)C(=O)CN(c1ccc(OCC)cc1)S(C)(=O)=O. The molecule has 192 valence electrons. The van der Waals surface area contributed by atoms with E-state index in [-0.39, 0.29) is 12.5 Å². The van der Waals surface area contributed by atoms with Crippen LogP contribution < -0.4 is 14.4 Å². The van der Waals surface area contributed by atoms with Crippen LogP contribution in [0.5, 0.6) is 5.75 Å². The predicted octanol–water partition coefficient (Wildman–Crippen LogP) is 3.95. The van der Waals surface area contributed by atoms with Gasteiger partial charge >= 0.3 is 0 Å². The maximum absolute atomic E-state index is 13.5. The largest absolute Gasteiger partial charge is 0.494 e. The Morgan fingerprint density at radius 2 is 1.69 bits per heavy atom. The van der Waals surface area contributed by atoms with Crippen molar-refractivity contribution >= 4 is 43.5 Å². The molecule has 2 aromatic carbocycles. The summed E-state index contributed by atoms with van der Waals surface area (Å²) >= 11 is 3.40. The van der Waals surface area contributed by atoms with Crippen molar-refractivity contribution in [1.29, 1.82) is 0 Å². The first-order valence-corrected chi connectivity index (χ1v) is 14.2. The average Bonchev–Trinajstić information content (AvgIpc) is 2.82. The first-order chi connectivity index (χ1) is 16.6. The zero-order valence-electron chi connectivity index (χ0n) is 20.7. The van der Waals surface area contributed by atoms with E-state index in [2.05, 4.69) is 21.2 Å². The molecular weight excluding hydrogens is 534 g/mol. The number of hydrogen-bond acceptors (Lipinski definition) is 5. The number of nitrogens with one attached hydrogen (secondary N) is 1. The van der Waals surface area contributed by atoms with Crippen LogP contribution in [0, 0.1) is 0 Å². The van der Waals surface area contributed by atoms with E-state index in [1.807, 2.05) is 38.1 Å². The van der Waals surface area contributed by atoms with Crippen LogP contribution in [0.25, 0.3) is 0 Å². The summed E-state index contributed by atoms with van der Waals surface area (Å²) in [6, 6.07) is 13.1. The second kappa shape index (κ2) is 13.5. The number of carbonyl (C=O) groups is 2. The Labute approximate surface area is 216 Å². The molecule has 0 spiro atoms. The monoisotopic (exact) mass is 567 g/mol. The van der Waals surface area contributed by atoms with Crippen LogP contribution in [-0.2, 0) is 26.2 Å². The standard InChI is InChI=1S/C25H34BrN3O5S/c1-5-7-16-27-25(31)19(3)28(17-20-8-10-21(26)11-9-20)24(30)18-29(35(4,32)33)22-12-14-23(15-13-22)34-6-2/h8-15,19H,5-7,16-18H2,1-4H3,(H,27,31)/t19-/m0/s1. The van der Waals surface area contributed by atoms with Gasteiger partial charge in [-0.3, -0.25) is 13.9 Å². The van der Waals surface area contributed by atoms with Gasteiger partial charge < -0.3 is 15.0 Å². The minimum atomic E-state index is -3.78. The molecule has 0 unspecified atom stereocenters. The molecule has 0 heterocycles. The van der Waals surface area contributed by atoms with Gasteiger partial charge in [-0.2, -0.15) is 0 Å². The summed E-state index contributed by atoms with van der Waals surface area (Å²) in [6.45, 7) is 6.26. The number of unbranched alkanes of at least 4 members (excludes halogenated alkanes) is 1. The van der Waals surface area contributed by atoms with Gasteiger partial charge in [-0.15, -0.1) is 0 Å². The molecular formula is C25H34BrN3O5S. The summed E-state index contributed by atoms with van der Waals surface area (Å²) in [5.41, 5.74) is 1.16. The molecule has 0 radical (unpaired) electrons. The number of benzene rings is 2. The number of nitrogens with zero attached hydrogens (tertiary/aromatic N) is 2. The summed E-state index contributed by atoms with van der Waals surface area (Å²) in [5.74, 6) is -0.161. The summed E-state index contributed by atoms with van der Waals surface area (Å²) in [6.07, 6.45) is 2.82. The molecule has 2 aromatic rings. The number of halogens is 1. The number of sulfonamides is 1. The average molecular weight is 569 g/mol. The lowest BCUT2D eigenvalue weighted by Crippen LogP contribution is -2.51. The molecule has 0 aliphatic carbocycles. The molecule has 35 heavy (non-hydrogen) atoms. The molecule has 0 aliphatic heterocycles. The van der Waals surface area contributed by atoms with E-state index in [0.717, 1.165) is 33.4 Å². The molecule has 1 atom stereocenters. The van der Waals surface area contributed by atoms with Gasteiger partial charge in [0.1, 0.15) is 18.3 Å². The number of rotatable bonds is 13. The van der Waals surface area contributed by atoms with Crippen LogP contribution in [0.3, 0.4) is 0 Å². The molecule has 0 saturated heterocycles. The lowest BCUT2D eigenvalue weighted by atomic mass is 10.1. The fraction of sp³-hybridized carbons (Fsp3) is 0.440. The fourth-order valence-corrected chi connectivity index (χ4v) is 4.51. The Morgan fingerprint density at radius 3 is 2.23 bits per heavy atom. The van der Waals surface area contributed by atoms with Gasteiger partial charge in [-0.05, 0) is 62.2 Å². The van der Waals surface area contributed by atoms with Crippen molar-refractivity contribution in [1.82, 2.24) is 10.2 Å². The normalized spacial score (nSPS) is 12.0. The van der Waals surface area contributed by atoms with Crippen LogP contribution in [0.1, 0.15) is 39.2 Å². The fourth-order valence-electron chi connectivity index (χ4n) is 3.39. The van der Waals surface area contributed by atoms with E-state index in [0.29, 0.717) is 24.6 Å². The first kappa shape index (κ1) is 28.6. The van der Waals surface area contributed by atoms with Crippen molar-refractivity contribution in [3.8, 4) is 5.75 Å². The highest BCUT2D eigenvalue weighted by Crippen LogP contribution is 2.23. The Bertz CT molecular complexity index is 1080. The minimum absolute atomic E-state index is 0.162. The van der Waals surface area contributed by atoms with Gasteiger partial charge in [0.25, 0.3) is 0 Å². The molecule has 8 nitrogen and oxygen atoms in total. The van der Waals surface area contributed by atoms with E-state index in [1.165, 1.54) is 4.90 Å². The Hall–Kier alpha value is -2.59. The summed E-state index contributed by atoms with van der Waals surface area (Å²) < 4.78 is 32.6. The molecule has 0 fully saturated rings. The summed E-state index contributed by atoms with van der Waals surface area (Å²) in [7, 11) is -3.78. The molecule has 2 rings (SSSR count). The smallest absolute Gasteiger partial charge is 0.244 e. The third-order valence-corrected chi connectivity index (χ3v) is 7.05. The Balaban J connectivity index is 2.32. The van der Waals surface area contributed by atoms with Crippen LogP contribution in [0.15, 0.2) is 53.0 Å². The number of anilines is 1. The second-order valence-corrected chi connectivity index (χ2v) is 11.0. The molecule has 1 N–H and O–H groups in total. The van der Waals surface area contributed by atoms with E-state index in [4.69, 9.17) is 4.74 Å². The number of ether oxygens (including phenoxy) is 1. The van der Waals surface area contributed by atoms with E-state index >= 15 is 0 Å². The molecule has 0 bridgehead atoms. The molecule has 0 saturated carbocycles. The van der Waals surface area contributed by atoms with Gasteiger partial charge in [-0.25, -0.2) is 8.42 Å². The van der Waals surface area contributed by atoms with Gasteiger partial charge in [-0.1, -0.05) is 41.4 Å². The lowest BCUT2D eigenvalue weighted by Gasteiger charge is -2.31. The highest BCUT2D eigenvalue weighted by atomic mass is 79.9. The van der Waals surface area contributed by atoms with Gasteiger partial charge in [0.15, 0.2) is 0 Å². The quantitative estimate of drug-likeness (QED) is 0.370. The summed E-state index contributed by atoms with van der Waals surface area (Å²) in [5, 5.41) is 2.86. The van der Waals surface area contributed by atoms with Crippen molar-refractivity contribution < 1.29 is 22.7 Å². The van der Waals surface area contributed by atoms with Gasteiger partial charge in [0.2, 0.25) is 21.8 Å². The highest BCUT2D eigenvalue weighted by molar-refractivity contribution is 9.10. The highest BCUT2D eigenvalue weighted by Gasteiger charge is 2.30. The number of carbonyl (C=O) groups excluding carboxylic acids is 2. The molecule has 0 aromatic heterocycles. The van der Waals surface area contributed by atoms with Gasteiger partial charge in [0, 0.05) is 17.6 Å². The number of amides is 2. The molecule has 2 amide bonds. The second-order valence-electron chi connectivity index (χ2n) is 8.17. The van der Waals surface area contributed by atoms with Crippen molar-refractivity contribution in [2.24, 2.45) is 0 Å². The summed E-state index contributed by atoms with van der Waals surface area (Å²) in [4.78, 5) is 27.7. The van der Waals surface area contributed by atoms with E-state index < -0.39 is 28.5 Å².